The molecule has 0 saturated carbocycles. The van der Waals surface area contributed by atoms with Crippen LogP contribution >= 0.6 is 0 Å². The van der Waals surface area contributed by atoms with Gasteiger partial charge in [-0.15, -0.1) is 0 Å². The molecule has 1 aliphatic rings. The van der Waals surface area contributed by atoms with E-state index in [9.17, 15) is 9.18 Å². The fraction of sp³-hybridized carbons (Fsp3) is 0.318. The molecule has 1 fully saturated rings. The molecule has 0 N–H and O–H groups in total. The average molecular weight is 394 g/mol. The first kappa shape index (κ1) is 19.1. The van der Waals surface area contributed by atoms with Crippen molar-refractivity contribution in [3.8, 4) is 5.75 Å². The Bertz CT molecular complexity index is 1030. The molecule has 0 unspecified atom stereocenters. The van der Waals surface area contributed by atoms with Crippen LogP contribution < -0.4 is 9.64 Å². The van der Waals surface area contributed by atoms with Crippen molar-refractivity contribution in [3.05, 3.63) is 60.2 Å². The van der Waals surface area contributed by atoms with Gasteiger partial charge in [0.05, 0.1) is 5.52 Å². The molecule has 3 aromatic rings. The minimum absolute atomic E-state index is 0.0974. The number of nitrogens with zero attached hydrogens (tertiary/aromatic N) is 4. The number of benzene rings is 2. The molecular formula is C22H23FN4O2. The highest BCUT2D eigenvalue weighted by Gasteiger charge is 2.22. The Labute approximate surface area is 168 Å². The van der Waals surface area contributed by atoms with E-state index in [4.69, 9.17) is 4.74 Å². The van der Waals surface area contributed by atoms with Crippen molar-refractivity contribution in [2.75, 3.05) is 37.7 Å². The van der Waals surface area contributed by atoms with Gasteiger partial charge < -0.3 is 14.5 Å². The van der Waals surface area contributed by atoms with E-state index in [1.807, 2.05) is 31.2 Å². The number of para-hydroxylation sites is 1. The molecule has 150 valence electrons. The molecule has 4 rings (SSSR count). The van der Waals surface area contributed by atoms with E-state index in [1.54, 1.807) is 17.0 Å². The van der Waals surface area contributed by atoms with Crippen LogP contribution in [0.3, 0.4) is 0 Å². The molecule has 2 aromatic carbocycles. The molecule has 0 atom stereocenters. The molecule has 0 spiro atoms. The molecule has 7 heteroatoms. The Balaban J connectivity index is 1.42. The van der Waals surface area contributed by atoms with Crippen molar-refractivity contribution < 1.29 is 13.9 Å². The number of hydrogen-bond donors (Lipinski definition) is 0. The maximum atomic E-state index is 13.3. The summed E-state index contributed by atoms with van der Waals surface area (Å²) in [5.74, 6) is 1.53. The first-order valence-corrected chi connectivity index (χ1v) is 9.74. The van der Waals surface area contributed by atoms with Crippen LogP contribution in [-0.2, 0) is 4.79 Å². The summed E-state index contributed by atoms with van der Waals surface area (Å²) in [5.41, 5.74) is 0.927. The summed E-state index contributed by atoms with van der Waals surface area (Å²) in [7, 11) is 0. The Hall–Kier alpha value is -3.22. The second-order valence-corrected chi connectivity index (χ2v) is 7.08. The lowest BCUT2D eigenvalue weighted by Gasteiger charge is -2.24. The van der Waals surface area contributed by atoms with Gasteiger partial charge in [-0.2, -0.15) is 0 Å². The molecule has 1 amide bonds. The van der Waals surface area contributed by atoms with Gasteiger partial charge in [0.15, 0.2) is 6.61 Å². The zero-order valence-electron chi connectivity index (χ0n) is 16.3. The summed E-state index contributed by atoms with van der Waals surface area (Å²) >= 11 is 0. The molecule has 2 heterocycles. The van der Waals surface area contributed by atoms with Crippen LogP contribution in [0.5, 0.6) is 5.75 Å². The molecular weight excluding hydrogens is 371 g/mol. The van der Waals surface area contributed by atoms with Crippen LogP contribution in [0, 0.1) is 12.7 Å². The van der Waals surface area contributed by atoms with E-state index in [-0.39, 0.29) is 18.3 Å². The van der Waals surface area contributed by atoms with Crippen LogP contribution in [0.25, 0.3) is 10.9 Å². The highest BCUT2D eigenvalue weighted by molar-refractivity contribution is 5.89. The van der Waals surface area contributed by atoms with Gasteiger partial charge in [0.25, 0.3) is 5.91 Å². The number of ether oxygens (including phenoxy) is 1. The molecule has 29 heavy (non-hydrogen) atoms. The Kier molecular flexibility index (Phi) is 5.55. The third kappa shape index (κ3) is 4.45. The van der Waals surface area contributed by atoms with Gasteiger partial charge in [-0.05, 0) is 37.6 Å². The van der Waals surface area contributed by atoms with E-state index in [2.05, 4.69) is 14.9 Å². The standard InChI is InChI=1S/C22H23FN4O2/c1-16-24-20-9-3-2-8-19(20)22(25-16)27-11-5-10-26(12-13-27)21(28)15-29-18-7-4-6-17(23)14-18/h2-4,6-9,14H,5,10-13,15H2,1H3. The molecule has 1 saturated heterocycles. The number of fused-ring (bicyclic) bond motifs is 1. The second-order valence-electron chi connectivity index (χ2n) is 7.08. The van der Waals surface area contributed by atoms with Gasteiger partial charge >= 0.3 is 0 Å². The lowest BCUT2D eigenvalue weighted by atomic mass is 10.2. The number of carbonyl (C=O) groups excluding carboxylic acids is 1. The highest BCUT2D eigenvalue weighted by atomic mass is 19.1. The number of aryl methyl sites for hydroxylation is 1. The van der Waals surface area contributed by atoms with Crippen LogP contribution in [-0.4, -0.2) is 53.6 Å². The molecule has 1 aliphatic heterocycles. The van der Waals surface area contributed by atoms with Gasteiger partial charge in [0.2, 0.25) is 0 Å². The number of anilines is 1. The van der Waals surface area contributed by atoms with Crippen LogP contribution in [0.4, 0.5) is 10.2 Å². The zero-order chi connectivity index (χ0) is 20.2. The number of carbonyl (C=O) groups is 1. The zero-order valence-corrected chi connectivity index (χ0v) is 16.3. The predicted octanol–water partition coefficient (Wildman–Crippen LogP) is 3.20. The number of aromatic nitrogens is 2. The van der Waals surface area contributed by atoms with E-state index in [1.165, 1.54) is 12.1 Å². The fourth-order valence-corrected chi connectivity index (χ4v) is 3.59. The summed E-state index contributed by atoms with van der Waals surface area (Å²) < 4.78 is 18.7. The van der Waals surface area contributed by atoms with Crippen LogP contribution in [0.1, 0.15) is 12.2 Å². The van der Waals surface area contributed by atoms with Gasteiger partial charge in [0, 0.05) is 37.6 Å². The maximum absolute atomic E-state index is 13.3. The van der Waals surface area contributed by atoms with Crippen LogP contribution in [0.15, 0.2) is 48.5 Å². The summed E-state index contributed by atoms with van der Waals surface area (Å²) in [4.78, 5) is 25.8. The number of halogens is 1. The van der Waals surface area contributed by atoms with Gasteiger partial charge in [-0.25, -0.2) is 14.4 Å². The van der Waals surface area contributed by atoms with E-state index in [0.29, 0.717) is 25.4 Å². The topological polar surface area (TPSA) is 58.6 Å². The predicted molar refractivity (Wildman–Crippen MR) is 110 cm³/mol. The monoisotopic (exact) mass is 394 g/mol. The van der Waals surface area contributed by atoms with Gasteiger partial charge in [-0.3, -0.25) is 4.79 Å². The normalized spacial score (nSPS) is 14.7. The van der Waals surface area contributed by atoms with Crippen molar-refractivity contribution in [2.45, 2.75) is 13.3 Å². The van der Waals surface area contributed by atoms with Crippen molar-refractivity contribution >= 4 is 22.6 Å². The quantitative estimate of drug-likeness (QED) is 0.680. The fourth-order valence-electron chi connectivity index (χ4n) is 3.59. The molecule has 6 nitrogen and oxygen atoms in total. The lowest BCUT2D eigenvalue weighted by molar-refractivity contribution is -0.133. The third-order valence-electron chi connectivity index (χ3n) is 5.00. The average Bonchev–Trinajstić information content (AvgIpc) is 2.98. The number of hydrogen-bond acceptors (Lipinski definition) is 5. The molecule has 0 bridgehead atoms. The van der Waals surface area contributed by atoms with Crippen LogP contribution in [0.2, 0.25) is 0 Å². The minimum atomic E-state index is -0.382. The molecule has 0 aliphatic carbocycles. The largest absolute Gasteiger partial charge is 0.484 e. The van der Waals surface area contributed by atoms with Crippen molar-refractivity contribution in [2.24, 2.45) is 0 Å². The highest BCUT2D eigenvalue weighted by Crippen LogP contribution is 2.24. The SMILES string of the molecule is Cc1nc(N2CCCN(C(=O)COc3cccc(F)c3)CC2)c2ccccc2n1. The first-order valence-electron chi connectivity index (χ1n) is 9.74. The summed E-state index contributed by atoms with van der Waals surface area (Å²) in [5, 5.41) is 1.02. The Morgan fingerprint density at radius 1 is 1.07 bits per heavy atom. The third-order valence-corrected chi connectivity index (χ3v) is 5.00. The molecule has 0 radical (unpaired) electrons. The summed E-state index contributed by atoms with van der Waals surface area (Å²) in [6, 6.07) is 13.8. The maximum Gasteiger partial charge on any atom is 0.260 e. The summed E-state index contributed by atoms with van der Waals surface area (Å²) in [6.07, 6.45) is 0.836. The van der Waals surface area contributed by atoms with E-state index in [0.717, 1.165) is 35.5 Å². The second kappa shape index (κ2) is 8.43. The minimum Gasteiger partial charge on any atom is -0.484 e. The number of rotatable bonds is 4. The van der Waals surface area contributed by atoms with E-state index < -0.39 is 0 Å². The Morgan fingerprint density at radius 3 is 2.79 bits per heavy atom. The van der Waals surface area contributed by atoms with Crippen molar-refractivity contribution in [1.82, 2.24) is 14.9 Å². The number of amides is 1. The first-order chi connectivity index (χ1) is 14.1. The summed E-state index contributed by atoms with van der Waals surface area (Å²) in [6.45, 7) is 4.54. The van der Waals surface area contributed by atoms with Crippen molar-refractivity contribution in [1.29, 1.82) is 0 Å². The molecule has 1 aromatic heterocycles. The van der Waals surface area contributed by atoms with Gasteiger partial charge in [-0.1, -0.05) is 18.2 Å². The van der Waals surface area contributed by atoms with Gasteiger partial charge in [0.1, 0.15) is 23.2 Å². The van der Waals surface area contributed by atoms with Crippen molar-refractivity contribution in [3.63, 3.8) is 0 Å². The lowest BCUT2D eigenvalue weighted by Crippen LogP contribution is -2.38. The van der Waals surface area contributed by atoms with E-state index >= 15 is 0 Å². The Morgan fingerprint density at radius 2 is 1.93 bits per heavy atom. The smallest absolute Gasteiger partial charge is 0.260 e.